The standard InChI is InChI=1S/C17H20N2O2/c18-14-9-4-8-13(14)17(20)19-16(15-10-5-11-21-15)12-6-2-1-3-7-12/h1-3,5-7,10-11,13-14,16H,4,8-9,18H2,(H,19,20). The number of carbonyl (C=O) groups excluding carboxylic acids is 1. The van der Waals surface area contributed by atoms with E-state index in [9.17, 15) is 4.79 Å². The molecule has 1 aliphatic rings. The van der Waals surface area contributed by atoms with Crippen molar-refractivity contribution in [3.63, 3.8) is 0 Å². The van der Waals surface area contributed by atoms with Crippen LogP contribution in [0, 0.1) is 5.92 Å². The quantitative estimate of drug-likeness (QED) is 0.906. The maximum absolute atomic E-state index is 12.5. The van der Waals surface area contributed by atoms with Gasteiger partial charge >= 0.3 is 0 Å². The Morgan fingerprint density at radius 1 is 1.19 bits per heavy atom. The van der Waals surface area contributed by atoms with Crippen LogP contribution in [0.3, 0.4) is 0 Å². The van der Waals surface area contributed by atoms with Crippen molar-refractivity contribution in [1.29, 1.82) is 0 Å². The van der Waals surface area contributed by atoms with Crippen molar-refractivity contribution in [2.45, 2.75) is 31.3 Å². The zero-order valence-electron chi connectivity index (χ0n) is 11.9. The lowest BCUT2D eigenvalue weighted by Gasteiger charge is -2.21. The molecule has 1 aromatic heterocycles. The summed E-state index contributed by atoms with van der Waals surface area (Å²) in [5.41, 5.74) is 7.04. The van der Waals surface area contributed by atoms with E-state index in [0.717, 1.165) is 30.6 Å². The van der Waals surface area contributed by atoms with E-state index in [0.29, 0.717) is 0 Å². The number of hydrogen-bond acceptors (Lipinski definition) is 3. The molecule has 1 aliphatic carbocycles. The fourth-order valence-electron chi connectivity index (χ4n) is 2.98. The average Bonchev–Trinajstić information content (AvgIpc) is 3.17. The maximum atomic E-state index is 12.5. The number of carbonyl (C=O) groups is 1. The van der Waals surface area contributed by atoms with E-state index in [1.807, 2.05) is 42.5 Å². The normalized spacial score (nSPS) is 22.9. The lowest BCUT2D eigenvalue weighted by Crippen LogP contribution is -2.40. The summed E-state index contributed by atoms with van der Waals surface area (Å²) in [7, 11) is 0. The van der Waals surface area contributed by atoms with Gasteiger partial charge < -0.3 is 15.5 Å². The van der Waals surface area contributed by atoms with Gasteiger partial charge in [-0.05, 0) is 30.5 Å². The molecule has 3 atom stereocenters. The minimum atomic E-state index is -0.263. The molecule has 0 saturated heterocycles. The summed E-state index contributed by atoms with van der Waals surface area (Å²) < 4.78 is 5.49. The van der Waals surface area contributed by atoms with Crippen molar-refractivity contribution in [1.82, 2.24) is 5.32 Å². The van der Waals surface area contributed by atoms with E-state index in [-0.39, 0.29) is 23.9 Å². The summed E-state index contributed by atoms with van der Waals surface area (Å²) in [5.74, 6) is 0.664. The highest BCUT2D eigenvalue weighted by Gasteiger charge is 2.32. The molecule has 4 heteroatoms. The van der Waals surface area contributed by atoms with E-state index in [4.69, 9.17) is 10.2 Å². The Hall–Kier alpha value is -2.07. The monoisotopic (exact) mass is 284 g/mol. The van der Waals surface area contributed by atoms with Gasteiger partial charge in [-0.3, -0.25) is 4.79 Å². The zero-order valence-corrected chi connectivity index (χ0v) is 11.9. The number of hydrogen-bond donors (Lipinski definition) is 2. The van der Waals surface area contributed by atoms with Gasteiger partial charge in [0.15, 0.2) is 0 Å². The highest BCUT2D eigenvalue weighted by Crippen LogP contribution is 2.27. The molecule has 0 radical (unpaired) electrons. The topological polar surface area (TPSA) is 68.3 Å². The van der Waals surface area contributed by atoms with Crippen LogP contribution in [0.15, 0.2) is 53.1 Å². The van der Waals surface area contributed by atoms with Crippen LogP contribution in [0.5, 0.6) is 0 Å². The molecule has 110 valence electrons. The van der Waals surface area contributed by atoms with Gasteiger partial charge in [0, 0.05) is 6.04 Å². The Morgan fingerprint density at radius 3 is 2.62 bits per heavy atom. The fraction of sp³-hybridized carbons (Fsp3) is 0.353. The largest absolute Gasteiger partial charge is 0.467 e. The van der Waals surface area contributed by atoms with Crippen LogP contribution in [0.4, 0.5) is 0 Å². The molecule has 1 saturated carbocycles. The van der Waals surface area contributed by atoms with E-state index < -0.39 is 0 Å². The minimum absolute atomic E-state index is 0.0188. The number of amides is 1. The van der Waals surface area contributed by atoms with Crippen LogP contribution >= 0.6 is 0 Å². The van der Waals surface area contributed by atoms with E-state index >= 15 is 0 Å². The Labute approximate surface area is 124 Å². The summed E-state index contributed by atoms with van der Waals surface area (Å²) in [6.07, 6.45) is 4.44. The van der Waals surface area contributed by atoms with Gasteiger partial charge in [-0.2, -0.15) is 0 Å². The molecule has 4 nitrogen and oxygen atoms in total. The second-order valence-corrected chi connectivity index (χ2v) is 5.57. The SMILES string of the molecule is NC1CCCC1C(=O)NC(c1ccccc1)c1ccco1. The van der Waals surface area contributed by atoms with Gasteiger partial charge in [-0.1, -0.05) is 36.8 Å². The highest BCUT2D eigenvalue weighted by molar-refractivity contribution is 5.80. The van der Waals surface area contributed by atoms with Crippen LogP contribution in [-0.2, 0) is 4.79 Å². The molecular formula is C17H20N2O2. The van der Waals surface area contributed by atoms with Crippen molar-refractivity contribution in [3.8, 4) is 0 Å². The molecule has 1 heterocycles. The molecule has 21 heavy (non-hydrogen) atoms. The van der Waals surface area contributed by atoms with Crippen LogP contribution in [-0.4, -0.2) is 11.9 Å². The highest BCUT2D eigenvalue weighted by atomic mass is 16.3. The van der Waals surface area contributed by atoms with E-state index in [2.05, 4.69) is 5.32 Å². The first-order valence-electron chi connectivity index (χ1n) is 7.40. The summed E-state index contributed by atoms with van der Waals surface area (Å²) >= 11 is 0. The Bertz CT molecular complexity index is 580. The summed E-state index contributed by atoms with van der Waals surface area (Å²) in [6, 6.07) is 13.3. The first-order valence-corrected chi connectivity index (χ1v) is 7.40. The molecule has 0 aliphatic heterocycles. The average molecular weight is 284 g/mol. The second kappa shape index (κ2) is 6.14. The Balaban J connectivity index is 1.82. The van der Waals surface area contributed by atoms with Crippen molar-refractivity contribution in [2.24, 2.45) is 11.7 Å². The molecule has 1 amide bonds. The van der Waals surface area contributed by atoms with Crippen molar-refractivity contribution >= 4 is 5.91 Å². The van der Waals surface area contributed by atoms with Crippen LogP contribution < -0.4 is 11.1 Å². The van der Waals surface area contributed by atoms with Crippen molar-refractivity contribution < 1.29 is 9.21 Å². The molecule has 3 N–H and O–H groups in total. The van der Waals surface area contributed by atoms with Crippen molar-refractivity contribution in [2.75, 3.05) is 0 Å². The van der Waals surface area contributed by atoms with Gasteiger partial charge in [0.2, 0.25) is 5.91 Å². The molecular weight excluding hydrogens is 264 g/mol. The molecule has 1 fully saturated rings. The Morgan fingerprint density at radius 2 is 2.00 bits per heavy atom. The third-order valence-corrected chi connectivity index (χ3v) is 4.15. The van der Waals surface area contributed by atoms with E-state index in [1.165, 1.54) is 0 Å². The third kappa shape index (κ3) is 3.00. The second-order valence-electron chi connectivity index (χ2n) is 5.57. The van der Waals surface area contributed by atoms with Crippen LogP contribution in [0.1, 0.15) is 36.6 Å². The Kier molecular flexibility index (Phi) is 4.06. The third-order valence-electron chi connectivity index (χ3n) is 4.15. The number of benzene rings is 1. The number of furan rings is 1. The minimum Gasteiger partial charge on any atom is -0.467 e. The summed E-state index contributed by atoms with van der Waals surface area (Å²) in [5, 5.41) is 3.10. The van der Waals surface area contributed by atoms with Crippen molar-refractivity contribution in [3.05, 3.63) is 60.1 Å². The van der Waals surface area contributed by atoms with Crippen LogP contribution in [0.25, 0.3) is 0 Å². The number of nitrogens with one attached hydrogen (secondary N) is 1. The van der Waals surface area contributed by atoms with Gasteiger partial charge in [-0.15, -0.1) is 0 Å². The summed E-state index contributed by atoms with van der Waals surface area (Å²) in [4.78, 5) is 12.5. The van der Waals surface area contributed by atoms with Gasteiger partial charge in [0.05, 0.1) is 12.2 Å². The predicted molar refractivity (Wildman–Crippen MR) is 80.5 cm³/mol. The number of nitrogens with two attached hydrogens (primary N) is 1. The van der Waals surface area contributed by atoms with Gasteiger partial charge in [-0.25, -0.2) is 0 Å². The molecule has 3 unspecified atom stereocenters. The maximum Gasteiger partial charge on any atom is 0.225 e. The lowest BCUT2D eigenvalue weighted by atomic mass is 10.00. The fourth-order valence-corrected chi connectivity index (χ4v) is 2.98. The molecule has 2 aromatic rings. The number of rotatable bonds is 4. The molecule has 3 rings (SSSR count). The molecule has 0 bridgehead atoms. The smallest absolute Gasteiger partial charge is 0.225 e. The van der Waals surface area contributed by atoms with Crippen LogP contribution in [0.2, 0.25) is 0 Å². The first kappa shape index (κ1) is 13.9. The first-order chi connectivity index (χ1) is 10.3. The summed E-state index contributed by atoms with van der Waals surface area (Å²) in [6.45, 7) is 0. The van der Waals surface area contributed by atoms with E-state index in [1.54, 1.807) is 6.26 Å². The molecule has 1 aromatic carbocycles. The predicted octanol–water partition coefficient (Wildman–Crippen LogP) is 2.61. The molecule has 0 spiro atoms. The lowest BCUT2D eigenvalue weighted by molar-refractivity contribution is -0.125. The van der Waals surface area contributed by atoms with Gasteiger partial charge in [0.25, 0.3) is 0 Å². The zero-order chi connectivity index (χ0) is 14.7. The van der Waals surface area contributed by atoms with Gasteiger partial charge in [0.1, 0.15) is 11.8 Å².